The van der Waals surface area contributed by atoms with E-state index >= 15 is 0 Å². The minimum atomic E-state index is -1.84. The molecule has 1 aromatic carbocycles. The summed E-state index contributed by atoms with van der Waals surface area (Å²) < 4.78 is 23.1. The number of likely N-dealkylation sites (N-methyl/N-ethyl adjacent to an activating group) is 1. The van der Waals surface area contributed by atoms with Gasteiger partial charge in [-0.25, -0.2) is 9.59 Å². The van der Waals surface area contributed by atoms with E-state index in [-0.39, 0.29) is 46.4 Å². The standard InChI is InChI=1S/C37H52ClN3O10S/c1-20-11-10-12-27(48-9)37(47)19-26(49-34(46)39-37)21(2)32-36(6,51-32)28(50-33(45)22(3)40(7)29(43)13-14-35(4,5)52)18-30(44)41(8)24-16-23(15-20)17-25(42)31(24)38/h10-12,16-17,21-22,26-28,32,42,47,52H,13-15,18-19H2,1-9H3,(H,39,46)/b12-10+,20-11+/t21?,22-,26?,27?,28?,32?,36?,37?/m0/s1. The predicted octanol–water partition coefficient (Wildman–Crippen LogP) is 4.70. The van der Waals surface area contributed by atoms with Gasteiger partial charge in [-0.2, -0.15) is 12.6 Å². The summed E-state index contributed by atoms with van der Waals surface area (Å²) in [6, 6.07) is 2.21. The maximum atomic E-state index is 14.0. The van der Waals surface area contributed by atoms with Crippen molar-refractivity contribution in [3.8, 4) is 5.75 Å². The highest BCUT2D eigenvalue weighted by Gasteiger charge is 2.64. The molecule has 2 fully saturated rings. The highest BCUT2D eigenvalue weighted by molar-refractivity contribution is 7.81. The number of anilines is 1. The van der Waals surface area contributed by atoms with Gasteiger partial charge in [-0.05, 0) is 51.3 Å². The van der Waals surface area contributed by atoms with E-state index < -0.39 is 65.7 Å². The third-order valence-corrected chi connectivity index (χ3v) is 10.9. The van der Waals surface area contributed by atoms with Crippen LogP contribution in [0, 0.1) is 5.92 Å². The molecule has 4 rings (SSSR count). The summed E-state index contributed by atoms with van der Waals surface area (Å²) in [5.41, 5.74) is -1.30. The third kappa shape index (κ3) is 9.43. The molecule has 0 aliphatic carbocycles. The van der Waals surface area contributed by atoms with Gasteiger partial charge in [-0.1, -0.05) is 56.2 Å². The SMILES string of the molecule is COC1/C=C/C=C(\C)Cc2cc(O)c(Cl)c(c2)N(C)C(=O)CC(OC(=O)[C@H](C)N(C)C(=O)CCC(C)(C)S)C2(C)OC2C(C)C2CC1(O)NC(=O)O2. The van der Waals surface area contributed by atoms with Crippen LogP contribution in [0.4, 0.5) is 10.5 Å². The lowest BCUT2D eigenvalue weighted by Gasteiger charge is -2.42. The average molecular weight is 766 g/mol. The number of fused-ring (bicyclic) bond motifs is 5. The minimum Gasteiger partial charge on any atom is -0.506 e. The van der Waals surface area contributed by atoms with Gasteiger partial charge in [0, 0.05) is 44.7 Å². The molecule has 8 atom stereocenters. The van der Waals surface area contributed by atoms with Crippen LogP contribution in [0.3, 0.4) is 0 Å². The molecule has 3 heterocycles. The normalized spacial score (nSPS) is 32.0. The van der Waals surface area contributed by atoms with Crippen LogP contribution in [-0.2, 0) is 39.8 Å². The Labute approximate surface area is 316 Å². The summed E-state index contributed by atoms with van der Waals surface area (Å²) in [5, 5.41) is 24.9. The van der Waals surface area contributed by atoms with Crippen molar-refractivity contribution in [2.24, 2.45) is 5.92 Å². The Kier molecular flexibility index (Phi) is 12.7. The van der Waals surface area contributed by atoms with Gasteiger partial charge in [0.15, 0.2) is 5.72 Å². The summed E-state index contributed by atoms with van der Waals surface area (Å²) in [6.07, 6.45) is 1.23. The van der Waals surface area contributed by atoms with Gasteiger partial charge >= 0.3 is 12.1 Å². The molecule has 3 N–H and O–H groups in total. The maximum Gasteiger partial charge on any atom is 0.409 e. The van der Waals surface area contributed by atoms with Gasteiger partial charge in [0.2, 0.25) is 11.8 Å². The number of hydrogen-bond acceptors (Lipinski definition) is 11. The number of rotatable bonds is 7. The van der Waals surface area contributed by atoms with Crippen LogP contribution in [0.25, 0.3) is 0 Å². The lowest BCUT2D eigenvalue weighted by Crippen LogP contribution is -2.63. The average Bonchev–Trinajstić information content (AvgIpc) is 3.76. The first-order valence-corrected chi connectivity index (χ1v) is 18.1. The first-order chi connectivity index (χ1) is 24.1. The van der Waals surface area contributed by atoms with Crippen molar-refractivity contribution in [2.45, 2.75) is 120 Å². The van der Waals surface area contributed by atoms with E-state index in [1.165, 1.54) is 37.1 Å². The fourth-order valence-electron chi connectivity index (χ4n) is 6.67. The molecule has 13 nitrogen and oxygen atoms in total. The van der Waals surface area contributed by atoms with Gasteiger partial charge in [0.25, 0.3) is 0 Å². The van der Waals surface area contributed by atoms with E-state index in [0.717, 1.165) is 5.57 Å². The molecule has 1 aromatic rings. The van der Waals surface area contributed by atoms with Crippen molar-refractivity contribution in [1.82, 2.24) is 10.2 Å². The van der Waals surface area contributed by atoms with Crippen molar-refractivity contribution in [1.29, 1.82) is 0 Å². The Hall–Kier alpha value is -3.30. The number of phenolic OH excluding ortho intramolecular Hbond substituents is 1. The number of carbonyl (C=O) groups excluding carboxylic acids is 4. The number of aromatic hydroxyl groups is 1. The van der Waals surface area contributed by atoms with Crippen LogP contribution in [0.15, 0.2) is 35.9 Å². The van der Waals surface area contributed by atoms with E-state index in [1.807, 2.05) is 20.8 Å². The topological polar surface area (TPSA) is 167 Å². The smallest absolute Gasteiger partial charge is 0.409 e. The number of epoxide rings is 1. The number of carbonyl (C=O) groups is 4. The molecule has 3 aliphatic heterocycles. The molecule has 3 amide bonds. The van der Waals surface area contributed by atoms with E-state index in [9.17, 15) is 29.4 Å². The van der Waals surface area contributed by atoms with Crippen molar-refractivity contribution in [3.05, 3.63) is 46.5 Å². The number of allylic oxidation sites excluding steroid dienone is 3. The highest BCUT2D eigenvalue weighted by atomic mass is 35.5. The summed E-state index contributed by atoms with van der Waals surface area (Å²) in [6.45, 7) is 10.7. The van der Waals surface area contributed by atoms with Crippen LogP contribution in [0.5, 0.6) is 5.75 Å². The second kappa shape index (κ2) is 16.0. The van der Waals surface area contributed by atoms with Crippen LogP contribution in [0.2, 0.25) is 5.02 Å². The first-order valence-electron chi connectivity index (χ1n) is 17.3. The zero-order valence-electron chi connectivity index (χ0n) is 31.3. The first kappa shape index (κ1) is 41.5. The Balaban J connectivity index is 1.72. The predicted molar refractivity (Wildman–Crippen MR) is 198 cm³/mol. The lowest BCUT2D eigenvalue weighted by molar-refractivity contribution is -0.162. The number of amides is 3. The quantitative estimate of drug-likeness (QED) is 0.174. The molecule has 0 spiro atoms. The number of phenols is 1. The van der Waals surface area contributed by atoms with E-state index in [1.54, 1.807) is 45.1 Å². The number of hydrogen-bond donors (Lipinski definition) is 4. The zero-order chi connectivity index (χ0) is 38.9. The molecule has 0 radical (unpaired) electrons. The second-order valence-electron chi connectivity index (χ2n) is 15.0. The number of esters is 1. The van der Waals surface area contributed by atoms with E-state index in [0.29, 0.717) is 18.4 Å². The molecule has 52 heavy (non-hydrogen) atoms. The Bertz CT molecular complexity index is 1610. The van der Waals surface area contributed by atoms with Crippen LogP contribution < -0.4 is 10.2 Å². The van der Waals surface area contributed by atoms with Gasteiger partial charge < -0.3 is 39.0 Å². The Morgan fingerprint density at radius 1 is 1.29 bits per heavy atom. The number of nitrogens with one attached hydrogen (secondary N) is 1. The molecular weight excluding hydrogens is 714 g/mol. The maximum absolute atomic E-state index is 14.0. The molecule has 0 saturated carbocycles. The van der Waals surface area contributed by atoms with Crippen LogP contribution in [0.1, 0.15) is 72.8 Å². The van der Waals surface area contributed by atoms with Gasteiger partial charge in [-0.15, -0.1) is 0 Å². The lowest BCUT2D eigenvalue weighted by atomic mass is 9.83. The number of halogens is 1. The fraction of sp³-hybridized carbons (Fsp3) is 0.622. The number of methoxy groups -OCH3 is 1. The monoisotopic (exact) mass is 765 g/mol. The van der Waals surface area contributed by atoms with Crippen molar-refractivity contribution in [2.75, 3.05) is 26.1 Å². The molecule has 288 valence electrons. The van der Waals surface area contributed by atoms with Gasteiger partial charge in [0.1, 0.15) is 40.7 Å². The van der Waals surface area contributed by atoms with E-state index in [2.05, 4.69) is 17.9 Å². The molecular formula is C37H52ClN3O10S. The van der Waals surface area contributed by atoms with E-state index in [4.69, 9.17) is 30.5 Å². The van der Waals surface area contributed by atoms with Crippen molar-refractivity contribution < 1.29 is 48.3 Å². The molecule has 15 heteroatoms. The van der Waals surface area contributed by atoms with Crippen LogP contribution >= 0.6 is 24.2 Å². The van der Waals surface area contributed by atoms with Crippen LogP contribution in [-0.4, -0.2) is 107 Å². The molecule has 7 unspecified atom stereocenters. The molecule has 0 aromatic heterocycles. The molecule has 4 bridgehead atoms. The molecule has 3 aliphatic rings. The number of thiol groups is 1. The summed E-state index contributed by atoms with van der Waals surface area (Å²) in [4.78, 5) is 56.1. The summed E-state index contributed by atoms with van der Waals surface area (Å²) >= 11 is 11.0. The summed E-state index contributed by atoms with van der Waals surface area (Å²) in [5.74, 6) is -2.28. The number of aliphatic hydroxyl groups is 1. The Morgan fingerprint density at radius 3 is 2.60 bits per heavy atom. The van der Waals surface area contributed by atoms with Crippen molar-refractivity contribution in [3.63, 3.8) is 0 Å². The van der Waals surface area contributed by atoms with Crippen molar-refractivity contribution >= 4 is 53.8 Å². The number of nitrogens with zero attached hydrogens (tertiary/aromatic N) is 2. The summed E-state index contributed by atoms with van der Waals surface area (Å²) in [7, 11) is 4.43. The third-order valence-electron chi connectivity index (χ3n) is 10.3. The largest absolute Gasteiger partial charge is 0.506 e. The molecule has 2 saturated heterocycles. The van der Waals surface area contributed by atoms with Gasteiger partial charge in [-0.3, -0.25) is 14.9 Å². The highest BCUT2D eigenvalue weighted by Crippen LogP contribution is 2.49. The zero-order valence-corrected chi connectivity index (χ0v) is 32.9. The minimum absolute atomic E-state index is 0.0307. The number of benzene rings is 1. The number of alkyl carbamates (subject to hydrolysis) is 1. The van der Waals surface area contributed by atoms with Gasteiger partial charge in [0.05, 0.1) is 18.2 Å². The fourth-order valence-corrected chi connectivity index (χ4v) is 7.02. The Morgan fingerprint density at radius 2 is 1.96 bits per heavy atom. The number of ether oxygens (including phenoxy) is 4. The second-order valence-corrected chi connectivity index (χ2v) is 16.6.